The maximum Gasteiger partial charge on any atom is 0.417 e. The average molecular weight is 689 g/mol. The Morgan fingerprint density at radius 3 is 2.19 bits per heavy atom. The smallest absolute Gasteiger partial charge is 0.326 e. The van der Waals surface area contributed by atoms with Crippen LogP contribution in [0.25, 0.3) is 0 Å². The van der Waals surface area contributed by atoms with Crippen molar-refractivity contribution in [2.24, 2.45) is 5.92 Å². The van der Waals surface area contributed by atoms with Crippen molar-refractivity contribution < 1.29 is 45.1 Å². The number of amides is 1. The molecular weight excluding hydrogens is 673 g/mol. The lowest BCUT2D eigenvalue weighted by Crippen LogP contribution is -2.18. The van der Waals surface area contributed by atoms with Gasteiger partial charge < -0.3 is 5.32 Å². The second-order valence-electron chi connectivity index (χ2n) is 9.59. The molecule has 1 aliphatic rings. The van der Waals surface area contributed by atoms with Gasteiger partial charge in [0.05, 0.1) is 21.5 Å². The summed E-state index contributed by atoms with van der Waals surface area (Å²) in [6.45, 7) is 0. The number of hydrogen-bond donors (Lipinski definition) is 1. The summed E-state index contributed by atoms with van der Waals surface area (Å²) in [5, 5.41) is 1.79. The SMILES string of the molecule is O=C(Cc1ccc(F)c(CC(=O)C(F)F)c1F)c1cc(NC(=O)[C@H]2[C@H](c3ccc(Cl)c(C(F)(F)F)c3)C2(Cl)Cl)ccc1Cl. The van der Waals surface area contributed by atoms with E-state index in [9.17, 15) is 45.1 Å². The molecule has 4 rings (SSSR count). The molecule has 1 aliphatic carbocycles. The van der Waals surface area contributed by atoms with Crippen molar-refractivity contribution >= 4 is 69.6 Å². The normalized spacial score (nSPS) is 17.6. The molecule has 0 bridgehead atoms. The molecule has 3 aromatic rings. The molecule has 1 amide bonds. The number of halogens is 11. The molecule has 1 N–H and O–H groups in total. The molecule has 3 aromatic carbocycles. The summed E-state index contributed by atoms with van der Waals surface area (Å²) in [6, 6.07) is 8.33. The van der Waals surface area contributed by atoms with Gasteiger partial charge in [0.15, 0.2) is 5.78 Å². The van der Waals surface area contributed by atoms with E-state index in [1.54, 1.807) is 0 Å². The number of anilines is 1. The monoisotopic (exact) mass is 687 g/mol. The summed E-state index contributed by atoms with van der Waals surface area (Å²) in [4.78, 5) is 37.3. The fraction of sp³-hybridized carbons (Fsp3) is 0.250. The molecule has 0 saturated heterocycles. The molecule has 0 heterocycles. The number of Topliss-reactive ketones (excluding diaryl/α,β-unsaturated/α-hetero) is 2. The third kappa shape index (κ3) is 6.95. The van der Waals surface area contributed by atoms with Crippen molar-refractivity contribution in [1.82, 2.24) is 0 Å². The topological polar surface area (TPSA) is 63.2 Å². The lowest BCUT2D eigenvalue weighted by molar-refractivity contribution is -0.137. The summed E-state index contributed by atoms with van der Waals surface area (Å²) in [5.41, 5.74) is -2.64. The standard InChI is InChI=1S/C28H16Cl4F7NO3/c29-17-5-3-13(9-14(17)20(41)8-12-2-6-19(33)15(24(12)34)10-21(42)25(35)36)40-26(43)23-22(27(23,31)32)11-1-4-18(30)16(7-11)28(37,38)39/h1-7,9,22-23,25H,8,10H2,(H,40,43)/t22-,23+/m0/s1. The van der Waals surface area contributed by atoms with Gasteiger partial charge in [-0.15, -0.1) is 23.2 Å². The van der Waals surface area contributed by atoms with E-state index < -0.39 is 92.4 Å². The van der Waals surface area contributed by atoms with E-state index >= 15 is 0 Å². The van der Waals surface area contributed by atoms with Gasteiger partial charge in [-0.05, 0) is 47.5 Å². The molecule has 228 valence electrons. The van der Waals surface area contributed by atoms with Gasteiger partial charge in [-0.1, -0.05) is 35.3 Å². The van der Waals surface area contributed by atoms with E-state index in [4.69, 9.17) is 46.4 Å². The predicted octanol–water partition coefficient (Wildman–Crippen LogP) is 8.62. The van der Waals surface area contributed by atoms with Crippen LogP contribution in [0.5, 0.6) is 0 Å². The van der Waals surface area contributed by atoms with Crippen LogP contribution in [0, 0.1) is 17.6 Å². The van der Waals surface area contributed by atoms with E-state index in [1.165, 1.54) is 18.2 Å². The first kappa shape index (κ1) is 33.0. The summed E-state index contributed by atoms with van der Waals surface area (Å²) < 4.78 is 92.3. The largest absolute Gasteiger partial charge is 0.417 e. The zero-order valence-electron chi connectivity index (χ0n) is 21.1. The molecule has 0 spiro atoms. The number of benzene rings is 3. The van der Waals surface area contributed by atoms with Crippen LogP contribution in [-0.4, -0.2) is 28.2 Å². The Hall–Kier alpha value is -2.86. The van der Waals surface area contributed by atoms with Gasteiger partial charge in [-0.25, -0.2) is 17.6 Å². The van der Waals surface area contributed by atoms with E-state index in [1.807, 2.05) is 0 Å². The Labute approximate surface area is 259 Å². The zero-order chi connectivity index (χ0) is 32.0. The molecule has 15 heteroatoms. The van der Waals surface area contributed by atoms with Gasteiger partial charge in [-0.3, -0.25) is 14.4 Å². The quantitative estimate of drug-likeness (QED) is 0.139. The van der Waals surface area contributed by atoms with E-state index in [0.717, 1.165) is 30.3 Å². The van der Waals surface area contributed by atoms with Crippen LogP contribution in [0.2, 0.25) is 10.0 Å². The Balaban J connectivity index is 1.53. The van der Waals surface area contributed by atoms with E-state index in [-0.39, 0.29) is 21.8 Å². The maximum atomic E-state index is 14.9. The fourth-order valence-electron chi connectivity index (χ4n) is 4.52. The number of carbonyl (C=O) groups excluding carboxylic acids is 3. The number of alkyl halides is 7. The molecule has 0 aliphatic heterocycles. The summed E-state index contributed by atoms with van der Waals surface area (Å²) in [6.07, 6.45) is -10.2. The van der Waals surface area contributed by atoms with Crippen LogP contribution < -0.4 is 5.32 Å². The Morgan fingerprint density at radius 1 is 0.907 bits per heavy atom. The predicted molar refractivity (Wildman–Crippen MR) is 146 cm³/mol. The average Bonchev–Trinajstić information content (AvgIpc) is 3.50. The lowest BCUT2D eigenvalue weighted by Gasteiger charge is -2.12. The minimum absolute atomic E-state index is 0.00224. The Kier molecular flexibility index (Phi) is 9.42. The number of hydrogen-bond acceptors (Lipinski definition) is 3. The zero-order valence-corrected chi connectivity index (χ0v) is 24.2. The second-order valence-corrected chi connectivity index (χ2v) is 11.9. The minimum Gasteiger partial charge on any atom is -0.326 e. The van der Waals surface area contributed by atoms with Crippen molar-refractivity contribution in [1.29, 1.82) is 0 Å². The first-order valence-electron chi connectivity index (χ1n) is 12.1. The van der Waals surface area contributed by atoms with Crippen molar-refractivity contribution in [2.75, 3.05) is 5.32 Å². The third-order valence-electron chi connectivity index (χ3n) is 6.74. The number of ketones is 2. The fourth-order valence-corrected chi connectivity index (χ4v) is 5.80. The molecule has 43 heavy (non-hydrogen) atoms. The van der Waals surface area contributed by atoms with E-state index in [0.29, 0.717) is 0 Å². The van der Waals surface area contributed by atoms with Gasteiger partial charge in [0, 0.05) is 35.6 Å². The lowest BCUT2D eigenvalue weighted by atomic mass is 9.98. The maximum absolute atomic E-state index is 14.9. The first-order chi connectivity index (χ1) is 19.9. The molecule has 0 radical (unpaired) electrons. The van der Waals surface area contributed by atoms with Crippen LogP contribution in [0.4, 0.5) is 36.4 Å². The van der Waals surface area contributed by atoms with Crippen molar-refractivity contribution in [3.63, 3.8) is 0 Å². The molecule has 2 atom stereocenters. The van der Waals surface area contributed by atoms with Crippen molar-refractivity contribution in [2.45, 2.75) is 35.7 Å². The van der Waals surface area contributed by atoms with Gasteiger partial charge in [0.1, 0.15) is 16.0 Å². The highest BCUT2D eigenvalue weighted by molar-refractivity contribution is 6.53. The van der Waals surface area contributed by atoms with Gasteiger partial charge in [-0.2, -0.15) is 13.2 Å². The van der Waals surface area contributed by atoms with Crippen LogP contribution in [-0.2, 0) is 28.6 Å². The Bertz CT molecular complexity index is 1630. The van der Waals surface area contributed by atoms with Crippen LogP contribution in [0.3, 0.4) is 0 Å². The number of rotatable bonds is 9. The molecular formula is C28H16Cl4F7NO3. The van der Waals surface area contributed by atoms with Gasteiger partial charge >= 0.3 is 6.18 Å². The van der Waals surface area contributed by atoms with Crippen LogP contribution in [0.1, 0.15) is 38.5 Å². The highest BCUT2D eigenvalue weighted by atomic mass is 35.5. The first-order valence-corrected chi connectivity index (χ1v) is 13.6. The van der Waals surface area contributed by atoms with Crippen molar-refractivity contribution in [3.05, 3.63) is 98.0 Å². The summed E-state index contributed by atoms with van der Waals surface area (Å²) >= 11 is 24.3. The molecule has 0 unspecified atom stereocenters. The van der Waals surface area contributed by atoms with E-state index in [2.05, 4.69) is 5.32 Å². The second kappa shape index (κ2) is 12.3. The molecule has 4 nitrogen and oxygen atoms in total. The van der Waals surface area contributed by atoms with Crippen LogP contribution in [0.15, 0.2) is 48.5 Å². The number of carbonyl (C=O) groups is 3. The van der Waals surface area contributed by atoms with Gasteiger partial charge in [0.25, 0.3) is 6.43 Å². The number of nitrogens with one attached hydrogen (secondary N) is 1. The van der Waals surface area contributed by atoms with Gasteiger partial charge in [0.2, 0.25) is 11.7 Å². The minimum atomic E-state index is -4.77. The molecule has 1 fully saturated rings. The summed E-state index contributed by atoms with van der Waals surface area (Å²) in [5.74, 6) is -8.14. The molecule has 1 saturated carbocycles. The van der Waals surface area contributed by atoms with Crippen molar-refractivity contribution in [3.8, 4) is 0 Å². The highest BCUT2D eigenvalue weighted by Crippen LogP contribution is 2.65. The third-order valence-corrected chi connectivity index (χ3v) is 8.34. The van der Waals surface area contributed by atoms with Crippen LogP contribution >= 0.6 is 46.4 Å². The highest BCUT2D eigenvalue weighted by Gasteiger charge is 2.67. The summed E-state index contributed by atoms with van der Waals surface area (Å²) in [7, 11) is 0. The molecule has 0 aromatic heterocycles. The Morgan fingerprint density at radius 2 is 1.56 bits per heavy atom.